The highest BCUT2D eigenvalue weighted by molar-refractivity contribution is 8.05. The summed E-state index contributed by atoms with van der Waals surface area (Å²) in [5.41, 5.74) is 9.48. The third-order valence-corrected chi connectivity index (χ3v) is 18.1. The summed E-state index contributed by atoms with van der Waals surface area (Å²) in [6.45, 7) is 43.8. The van der Waals surface area contributed by atoms with E-state index in [9.17, 15) is 0 Å². The molecule has 0 saturated heterocycles. The van der Waals surface area contributed by atoms with Gasteiger partial charge in [-0.3, -0.25) is 0 Å². The van der Waals surface area contributed by atoms with Gasteiger partial charge >= 0.3 is 0 Å². The van der Waals surface area contributed by atoms with Crippen LogP contribution in [0.4, 0.5) is 34.1 Å². The first kappa shape index (κ1) is 83.5. The zero-order valence-corrected chi connectivity index (χ0v) is 69.8. The molecule has 107 heavy (non-hydrogen) atoms. The molecule has 0 saturated carbocycles. The normalized spacial score (nSPS) is 12.4. The number of hydrogen-bond donors (Lipinski definition) is 0. The van der Waals surface area contributed by atoms with Gasteiger partial charge < -0.3 is 28.7 Å². The molecule has 17 rings (SSSR count). The van der Waals surface area contributed by atoms with Gasteiger partial charge in [-0.05, 0) is 173 Å². The van der Waals surface area contributed by atoms with E-state index < -0.39 is 0 Å². The van der Waals surface area contributed by atoms with Crippen LogP contribution in [0.5, 0.6) is 46.0 Å². The standard InChI is InChI=1S/C18H13NO.C18H13NS.C12H8O2.C12H8OS.C12H8S2.5C5H12/c2*1-2-8-14(9-3-1)19-15-10-4-6-12-17(15)20-18-13-7-5-11-16(18)19;1-2-6-10-9(5-1)13-11-7-3-4-8-12(11)14-10;1-3-7-11-9(5-1)13-10-6-2-4-8-12(10)14-11;1-2-6-10-9(5-1)13-11-7-3-4-8-12(11)14-10;5*1-5(2,3)4/h2*1-13H;3*1-8H;5*1-4H3. The number of para-hydroxylation sites is 14. The quantitative estimate of drug-likeness (QED) is 0.167. The molecule has 12 aromatic rings. The molecule has 0 aromatic heterocycles. The molecule has 5 aliphatic heterocycles. The van der Waals surface area contributed by atoms with Gasteiger partial charge in [-0.2, -0.15) is 0 Å². The van der Waals surface area contributed by atoms with Gasteiger partial charge in [-0.25, -0.2) is 0 Å². The zero-order valence-electron chi connectivity index (χ0n) is 66.5. The molecule has 556 valence electrons. The highest BCUT2D eigenvalue weighted by Gasteiger charge is 2.27. The van der Waals surface area contributed by atoms with Gasteiger partial charge in [0.1, 0.15) is 11.5 Å². The predicted octanol–water partition coefficient (Wildman–Crippen LogP) is 33.0. The molecule has 5 heterocycles. The summed E-state index contributed by atoms with van der Waals surface area (Å²) in [6.07, 6.45) is 0. The van der Waals surface area contributed by atoms with Crippen molar-refractivity contribution in [3.8, 4) is 46.0 Å². The van der Waals surface area contributed by atoms with Crippen LogP contribution in [0.2, 0.25) is 0 Å². The summed E-state index contributed by atoms with van der Waals surface area (Å²) < 4.78 is 23.0. The Kier molecular flexibility index (Phi) is 30.5. The van der Waals surface area contributed by atoms with E-state index in [0.717, 1.165) is 63.1 Å². The van der Waals surface area contributed by atoms with Crippen LogP contribution in [-0.4, -0.2) is 0 Å². The molecule has 12 aromatic carbocycles. The minimum Gasteiger partial charge on any atom is -0.455 e. The Morgan fingerprint density at radius 1 is 0.168 bits per heavy atom. The van der Waals surface area contributed by atoms with Gasteiger partial charge in [0, 0.05) is 40.7 Å². The minimum absolute atomic E-state index is 0.500. The van der Waals surface area contributed by atoms with Crippen molar-refractivity contribution in [2.45, 2.75) is 178 Å². The van der Waals surface area contributed by atoms with Crippen molar-refractivity contribution in [1.82, 2.24) is 0 Å². The van der Waals surface area contributed by atoms with E-state index in [4.69, 9.17) is 18.9 Å². The zero-order chi connectivity index (χ0) is 77.4. The first-order valence-electron chi connectivity index (χ1n) is 36.7. The molecule has 10 heteroatoms. The van der Waals surface area contributed by atoms with E-state index in [1.807, 2.05) is 163 Å². The fourth-order valence-corrected chi connectivity index (χ4v) is 13.8. The highest BCUT2D eigenvalue weighted by Crippen LogP contribution is 2.53. The molecule has 0 unspecified atom stereocenters. The van der Waals surface area contributed by atoms with Crippen LogP contribution in [0, 0.1) is 27.1 Å². The maximum atomic E-state index is 5.99. The Hall–Kier alpha value is -9.16. The van der Waals surface area contributed by atoms with E-state index >= 15 is 0 Å². The number of fused-ring (bicyclic) bond motifs is 10. The maximum Gasteiger partial charge on any atom is 0.170 e. The molecular weight excluding hydrogens is 1390 g/mol. The van der Waals surface area contributed by atoms with E-state index in [2.05, 4.69) is 324 Å². The lowest BCUT2D eigenvalue weighted by atomic mass is 10.0. The average Bonchev–Trinajstić information content (AvgIpc) is 0.770. The molecule has 6 nitrogen and oxygen atoms in total. The van der Waals surface area contributed by atoms with Crippen LogP contribution >= 0.6 is 47.0 Å². The van der Waals surface area contributed by atoms with Gasteiger partial charge in [0.05, 0.1) is 32.5 Å². The first-order valence-corrected chi connectivity index (χ1v) is 40.0. The Morgan fingerprint density at radius 3 is 0.626 bits per heavy atom. The molecule has 0 spiro atoms. The lowest BCUT2D eigenvalue weighted by molar-refractivity contribution is 0.359. The predicted molar refractivity (Wildman–Crippen MR) is 463 cm³/mol. The van der Waals surface area contributed by atoms with Gasteiger partial charge in [0.25, 0.3) is 0 Å². The highest BCUT2D eigenvalue weighted by atomic mass is 32.2. The van der Waals surface area contributed by atoms with Crippen LogP contribution in [0.15, 0.2) is 342 Å². The number of hydrogen-bond acceptors (Lipinski definition) is 10. The van der Waals surface area contributed by atoms with Crippen LogP contribution < -0.4 is 28.7 Å². The van der Waals surface area contributed by atoms with Crippen molar-refractivity contribution in [2.75, 3.05) is 9.80 Å². The Morgan fingerprint density at radius 2 is 0.336 bits per heavy atom. The molecule has 0 N–H and O–H groups in total. The topological polar surface area (TPSA) is 43.4 Å². The SMILES string of the molecule is CC(C)(C)C.CC(C)(C)C.CC(C)(C)C.CC(C)(C)C.CC(C)(C)C.c1ccc(N2c3ccccc3Oc3ccccc32)cc1.c1ccc(N2c3ccccc3Sc3ccccc32)cc1.c1ccc2c(c1)Oc1ccccc1O2.c1ccc2c(c1)Oc1ccccc1S2.c1ccc2c(c1)Sc1ccccc1S2. The van der Waals surface area contributed by atoms with Gasteiger partial charge in [0.15, 0.2) is 34.5 Å². The molecule has 0 atom stereocenters. The summed E-state index contributed by atoms with van der Waals surface area (Å²) in [7, 11) is 0. The second-order valence-corrected chi connectivity index (χ2v) is 38.0. The fraction of sp³-hybridized carbons (Fsp3) is 0.258. The van der Waals surface area contributed by atoms with Crippen molar-refractivity contribution in [2.24, 2.45) is 27.1 Å². The van der Waals surface area contributed by atoms with Crippen LogP contribution in [0.1, 0.15) is 138 Å². The Bertz CT molecular complexity index is 3910. The summed E-state index contributed by atoms with van der Waals surface area (Å²) in [5, 5.41) is 0. The fourth-order valence-electron chi connectivity index (χ4n) is 9.54. The van der Waals surface area contributed by atoms with E-state index in [1.54, 1.807) is 11.8 Å². The molecule has 0 fully saturated rings. The maximum absolute atomic E-state index is 5.99. The van der Waals surface area contributed by atoms with Gasteiger partial charge in [-0.1, -0.05) is 343 Å². The molecular formula is C97H110N2O4S4. The van der Waals surface area contributed by atoms with E-state index in [1.165, 1.54) is 56.2 Å². The van der Waals surface area contributed by atoms with Crippen molar-refractivity contribution < 1.29 is 18.9 Å². The monoisotopic (exact) mass is 1490 g/mol. The third kappa shape index (κ3) is 29.2. The summed E-state index contributed by atoms with van der Waals surface area (Å²) in [5.74, 6) is 6.76. The van der Waals surface area contributed by atoms with Crippen LogP contribution in [-0.2, 0) is 0 Å². The summed E-state index contributed by atoms with van der Waals surface area (Å²) in [6, 6.07) is 103. The van der Waals surface area contributed by atoms with Gasteiger partial charge in [-0.15, -0.1) is 0 Å². The minimum atomic E-state index is 0.500. The summed E-state index contributed by atoms with van der Waals surface area (Å²) in [4.78, 5) is 15.0. The Balaban J connectivity index is 0.000000157. The molecule has 0 radical (unpaired) electrons. The average molecular weight is 1500 g/mol. The lowest BCUT2D eigenvalue weighted by Crippen LogP contribution is -2.15. The van der Waals surface area contributed by atoms with Crippen molar-refractivity contribution >= 4 is 81.2 Å². The number of anilines is 6. The third-order valence-electron chi connectivity index (χ3n) is 13.3. The number of rotatable bonds is 2. The second-order valence-electron chi connectivity index (χ2n) is 33.7. The van der Waals surface area contributed by atoms with Crippen LogP contribution in [0.25, 0.3) is 0 Å². The van der Waals surface area contributed by atoms with Gasteiger partial charge in [0.2, 0.25) is 0 Å². The van der Waals surface area contributed by atoms with E-state index in [0.29, 0.717) is 27.1 Å². The van der Waals surface area contributed by atoms with Crippen molar-refractivity contribution in [3.63, 3.8) is 0 Å². The van der Waals surface area contributed by atoms with Crippen molar-refractivity contribution in [1.29, 1.82) is 0 Å². The molecule has 0 amide bonds. The van der Waals surface area contributed by atoms with E-state index in [-0.39, 0.29) is 0 Å². The smallest absolute Gasteiger partial charge is 0.170 e. The molecule has 5 aliphatic rings. The first-order chi connectivity index (χ1) is 50.7. The number of benzene rings is 12. The van der Waals surface area contributed by atoms with Crippen molar-refractivity contribution in [3.05, 3.63) is 303 Å². The lowest BCUT2D eigenvalue weighted by Gasteiger charge is -2.32. The Labute approximate surface area is 659 Å². The number of ether oxygens (including phenoxy) is 4. The molecule has 0 aliphatic carbocycles. The second kappa shape index (κ2) is 39.1. The number of nitrogens with zero attached hydrogens (tertiary/aromatic N) is 2. The largest absolute Gasteiger partial charge is 0.455 e. The molecule has 0 bridgehead atoms. The van der Waals surface area contributed by atoms with Crippen LogP contribution in [0.3, 0.4) is 0 Å². The summed E-state index contributed by atoms with van der Waals surface area (Å²) >= 11 is 7.32.